The van der Waals surface area contributed by atoms with Crippen molar-refractivity contribution < 1.29 is 0 Å². The highest BCUT2D eigenvalue weighted by Gasteiger charge is 2.21. The molecule has 4 aromatic carbocycles. The molecule has 0 fully saturated rings. The zero-order valence-corrected chi connectivity index (χ0v) is 26.2. The summed E-state index contributed by atoms with van der Waals surface area (Å²) in [5.41, 5.74) is 10.9. The summed E-state index contributed by atoms with van der Waals surface area (Å²) in [7, 11) is 0. The third-order valence-electron chi connectivity index (χ3n) is 7.86. The Balaban J connectivity index is 1.24. The molecule has 0 spiro atoms. The first-order chi connectivity index (χ1) is 22.4. The topological polar surface area (TPSA) is 88.3 Å². The monoisotopic (exact) mass is 599 g/mol. The maximum Gasteiger partial charge on any atom is 0.159 e. The van der Waals surface area contributed by atoms with Gasteiger partial charge in [0.15, 0.2) is 17.5 Å². The average Bonchev–Trinajstić information content (AvgIpc) is 3.08. The molecule has 6 aromatic rings. The largest absolute Gasteiger partial charge is 0.344 e. The molecule has 0 bridgehead atoms. The van der Waals surface area contributed by atoms with E-state index < -0.39 is 0 Å². The second-order valence-corrected chi connectivity index (χ2v) is 11.6. The number of benzene rings is 4. The van der Waals surface area contributed by atoms with Gasteiger partial charge in [0.05, 0.1) is 0 Å². The van der Waals surface area contributed by atoms with Crippen molar-refractivity contribution >= 4 is 11.7 Å². The van der Waals surface area contributed by atoms with Crippen LogP contribution in [-0.4, -0.2) is 31.6 Å². The number of aliphatic imine (C=N–C) groups is 2. The van der Waals surface area contributed by atoms with Gasteiger partial charge in [-0.1, -0.05) is 103 Å². The molecule has 1 aliphatic heterocycles. The Hall–Kier alpha value is -5.82. The maximum absolute atomic E-state index is 5.08. The van der Waals surface area contributed by atoms with Crippen LogP contribution in [0.15, 0.2) is 125 Å². The van der Waals surface area contributed by atoms with Crippen LogP contribution in [0.5, 0.6) is 0 Å². The van der Waals surface area contributed by atoms with Crippen molar-refractivity contribution in [3.8, 4) is 33.9 Å². The van der Waals surface area contributed by atoms with E-state index in [2.05, 4.69) is 85.9 Å². The van der Waals surface area contributed by atoms with E-state index in [0.717, 1.165) is 62.0 Å². The molecule has 1 N–H and O–H groups in total. The quantitative estimate of drug-likeness (QED) is 0.210. The Bertz CT molecular complexity index is 2040. The van der Waals surface area contributed by atoms with Crippen LogP contribution in [-0.2, 0) is 0 Å². The summed E-state index contributed by atoms with van der Waals surface area (Å²) < 4.78 is 0. The molecule has 0 saturated carbocycles. The highest BCUT2D eigenvalue weighted by molar-refractivity contribution is 6.13. The van der Waals surface area contributed by atoms with E-state index in [1.807, 2.05) is 82.3 Å². The molecule has 224 valence electrons. The van der Waals surface area contributed by atoms with Crippen LogP contribution in [0.25, 0.3) is 33.9 Å². The summed E-state index contributed by atoms with van der Waals surface area (Å²) >= 11 is 0. The lowest BCUT2D eigenvalue weighted by atomic mass is 10.0. The molecule has 1 atom stereocenters. The second-order valence-electron chi connectivity index (χ2n) is 11.6. The van der Waals surface area contributed by atoms with Gasteiger partial charge in [-0.05, 0) is 56.5 Å². The molecule has 1 aliphatic rings. The number of rotatable bonds is 6. The van der Waals surface area contributed by atoms with E-state index >= 15 is 0 Å². The minimum absolute atomic E-state index is 0.322. The van der Waals surface area contributed by atoms with Gasteiger partial charge < -0.3 is 5.32 Å². The summed E-state index contributed by atoms with van der Waals surface area (Å²) in [5.74, 6) is 2.83. The van der Waals surface area contributed by atoms with Gasteiger partial charge in [-0.15, -0.1) is 0 Å². The SMILES string of the molecule is Cc1cc(C)nc(-c2ccc(C3=NC(c4ccc(-c5ccccc5)cc4)NC(c4ccc(-c5nc(C)cc(C)n5)cc4)=N3)cc2)n1. The van der Waals surface area contributed by atoms with E-state index in [1.54, 1.807) is 0 Å². The number of nitrogens with one attached hydrogen (secondary N) is 1. The van der Waals surface area contributed by atoms with Gasteiger partial charge in [0.2, 0.25) is 0 Å². The smallest absolute Gasteiger partial charge is 0.159 e. The van der Waals surface area contributed by atoms with Gasteiger partial charge in [-0.25, -0.2) is 29.9 Å². The Morgan fingerprint density at radius 3 is 1.41 bits per heavy atom. The van der Waals surface area contributed by atoms with Gasteiger partial charge >= 0.3 is 0 Å². The molecule has 2 aromatic heterocycles. The van der Waals surface area contributed by atoms with Crippen LogP contribution in [0, 0.1) is 27.7 Å². The number of hydrogen-bond acceptors (Lipinski definition) is 7. The zero-order valence-electron chi connectivity index (χ0n) is 26.2. The molecular weight excluding hydrogens is 566 g/mol. The highest BCUT2D eigenvalue weighted by Crippen LogP contribution is 2.27. The predicted molar refractivity (Wildman–Crippen MR) is 185 cm³/mol. The molecule has 0 radical (unpaired) electrons. The normalized spacial score (nSPS) is 14.3. The van der Waals surface area contributed by atoms with Crippen LogP contribution in [0.4, 0.5) is 0 Å². The number of nitrogens with zero attached hydrogens (tertiary/aromatic N) is 6. The first kappa shape index (κ1) is 28.9. The lowest BCUT2D eigenvalue weighted by molar-refractivity contribution is 0.674. The molecular formula is C39H33N7. The number of aryl methyl sites for hydroxylation is 4. The van der Waals surface area contributed by atoms with Gasteiger partial charge in [0.25, 0.3) is 0 Å². The number of amidine groups is 2. The van der Waals surface area contributed by atoms with Crippen molar-refractivity contribution in [2.24, 2.45) is 9.98 Å². The fraction of sp³-hybridized carbons (Fsp3) is 0.128. The van der Waals surface area contributed by atoms with E-state index in [4.69, 9.17) is 9.98 Å². The van der Waals surface area contributed by atoms with E-state index in [1.165, 1.54) is 5.56 Å². The van der Waals surface area contributed by atoms with Gasteiger partial charge in [-0.3, -0.25) is 0 Å². The minimum Gasteiger partial charge on any atom is -0.344 e. The Morgan fingerprint density at radius 2 is 0.891 bits per heavy atom. The Kier molecular flexibility index (Phi) is 7.72. The predicted octanol–water partition coefficient (Wildman–Crippen LogP) is 8.00. The molecule has 3 heterocycles. The third kappa shape index (κ3) is 6.21. The van der Waals surface area contributed by atoms with Crippen molar-refractivity contribution in [3.63, 3.8) is 0 Å². The third-order valence-corrected chi connectivity index (χ3v) is 7.86. The van der Waals surface area contributed by atoms with Gasteiger partial charge in [0, 0.05) is 45.0 Å². The van der Waals surface area contributed by atoms with E-state index in [0.29, 0.717) is 17.5 Å². The minimum atomic E-state index is -0.322. The van der Waals surface area contributed by atoms with Gasteiger partial charge in [0.1, 0.15) is 12.0 Å². The summed E-state index contributed by atoms with van der Waals surface area (Å²) in [4.78, 5) is 28.6. The maximum atomic E-state index is 5.08. The lowest BCUT2D eigenvalue weighted by Gasteiger charge is -2.24. The molecule has 0 amide bonds. The van der Waals surface area contributed by atoms with Crippen LogP contribution < -0.4 is 5.32 Å². The average molecular weight is 600 g/mol. The second kappa shape index (κ2) is 12.3. The zero-order chi connectivity index (χ0) is 31.6. The lowest BCUT2D eigenvalue weighted by Crippen LogP contribution is -2.33. The molecule has 0 saturated heterocycles. The molecule has 7 nitrogen and oxygen atoms in total. The first-order valence-electron chi connectivity index (χ1n) is 15.3. The van der Waals surface area contributed by atoms with E-state index in [-0.39, 0.29) is 6.17 Å². The standard InChI is InChI=1S/C39H33N7/c1-24-22-25(2)41-35(40-24)30-14-18-33(19-15-30)38-44-37(32-12-10-29(11-13-32)28-8-6-5-7-9-28)45-39(46-38)34-20-16-31(17-21-34)36-42-26(3)23-27(4)43-36/h5-23,37H,1-4H3,(H,44,45,46). The summed E-state index contributed by atoms with van der Waals surface area (Å²) in [6, 6.07) is 39.2. The summed E-state index contributed by atoms with van der Waals surface area (Å²) in [6.45, 7) is 7.95. The first-order valence-corrected chi connectivity index (χ1v) is 15.3. The Morgan fingerprint density at radius 1 is 0.457 bits per heavy atom. The highest BCUT2D eigenvalue weighted by atomic mass is 15.2. The van der Waals surface area contributed by atoms with Crippen molar-refractivity contribution in [2.75, 3.05) is 0 Å². The molecule has 1 unspecified atom stereocenters. The molecule has 46 heavy (non-hydrogen) atoms. The number of hydrogen-bond donors (Lipinski definition) is 1. The number of aromatic nitrogens is 4. The fourth-order valence-corrected chi connectivity index (χ4v) is 5.64. The van der Waals surface area contributed by atoms with Gasteiger partial charge in [-0.2, -0.15) is 0 Å². The summed E-state index contributed by atoms with van der Waals surface area (Å²) in [5, 5.41) is 3.58. The van der Waals surface area contributed by atoms with Crippen LogP contribution in [0.2, 0.25) is 0 Å². The van der Waals surface area contributed by atoms with Crippen molar-refractivity contribution in [3.05, 3.63) is 155 Å². The van der Waals surface area contributed by atoms with Crippen LogP contribution >= 0.6 is 0 Å². The molecule has 7 heteroatoms. The Labute approximate surface area is 268 Å². The van der Waals surface area contributed by atoms with Crippen LogP contribution in [0.1, 0.15) is 45.6 Å². The van der Waals surface area contributed by atoms with Crippen molar-refractivity contribution in [1.29, 1.82) is 0 Å². The van der Waals surface area contributed by atoms with Crippen LogP contribution in [0.3, 0.4) is 0 Å². The molecule has 7 rings (SSSR count). The fourth-order valence-electron chi connectivity index (χ4n) is 5.64. The molecule has 0 aliphatic carbocycles. The summed E-state index contributed by atoms with van der Waals surface area (Å²) in [6.07, 6.45) is -0.322. The van der Waals surface area contributed by atoms with Crippen molar-refractivity contribution in [2.45, 2.75) is 33.9 Å². The van der Waals surface area contributed by atoms with Crippen molar-refractivity contribution in [1.82, 2.24) is 25.3 Å². The van der Waals surface area contributed by atoms with E-state index in [9.17, 15) is 0 Å².